The third-order valence-corrected chi connectivity index (χ3v) is 2.62. The van der Waals surface area contributed by atoms with Gasteiger partial charge in [-0.3, -0.25) is 0 Å². The lowest BCUT2D eigenvalue weighted by atomic mass is 10.2. The molecular formula is C11H14FNO. The predicted molar refractivity (Wildman–Crippen MR) is 54.0 cm³/mol. The Morgan fingerprint density at radius 3 is 3.07 bits per heavy atom. The SMILES string of the molecule is OCCCN1CCc2cc(F)ccc21. The topological polar surface area (TPSA) is 23.5 Å². The van der Waals surface area contributed by atoms with Crippen molar-refractivity contribution >= 4 is 5.69 Å². The van der Waals surface area contributed by atoms with Crippen LogP contribution in [0, 0.1) is 5.82 Å². The highest BCUT2D eigenvalue weighted by atomic mass is 19.1. The normalized spacial score (nSPS) is 14.6. The summed E-state index contributed by atoms with van der Waals surface area (Å²) in [6.45, 7) is 2.01. The molecule has 1 aromatic carbocycles. The molecule has 0 saturated carbocycles. The van der Waals surface area contributed by atoms with E-state index in [0.717, 1.165) is 37.2 Å². The Balaban J connectivity index is 2.14. The van der Waals surface area contributed by atoms with Gasteiger partial charge in [-0.1, -0.05) is 0 Å². The van der Waals surface area contributed by atoms with Crippen molar-refractivity contribution in [3.05, 3.63) is 29.6 Å². The minimum atomic E-state index is -0.159. The Bertz CT molecular complexity index is 327. The van der Waals surface area contributed by atoms with Crippen LogP contribution in [0.5, 0.6) is 0 Å². The molecular weight excluding hydrogens is 181 g/mol. The van der Waals surface area contributed by atoms with Crippen LogP contribution in [0.15, 0.2) is 18.2 Å². The Kier molecular flexibility index (Phi) is 2.68. The van der Waals surface area contributed by atoms with Crippen LogP contribution in [0.2, 0.25) is 0 Å². The highest BCUT2D eigenvalue weighted by molar-refractivity contribution is 5.57. The van der Waals surface area contributed by atoms with Crippen LogP contribution in [0.3, 0.4) is 0 Å². The summed E-state index contributed by atoms with van der Waals surface area (Å²) in [6.07, 6.45) is 1.69. The van der Waals surface area contributed by atoms with Crippen molar-refractivity contribution < 1.29 is 9.50 Å². The van der Waals surface area contributed by atoms with Crippen LogP contribution in [-0.2, 0) is 6.42 Å². The molecule has 0 saturated heterocycles. The Morgan fingerprint density at radius 1 is 1.43 bits per heavy atom. The van der Waals surface area contributed by atoms with Gasteiger partial charge in [0.2, 0.25) is 0 Å². The highest BCUT2D eigenvalue weighted by Gasteiger charge is 2.18. The van der Waals surface area contributed by atoms with E-state index < -0.39 is 0 Å². The fourth-order valence-corrected chi connectivity index (χ4v) is 1.93. The highest BCUT2D eigenvalue weighted by Crippen LogP contribution is 2.28. The number of aliphatic hydroxyl groups is 1. The number of fused-ring (bicyclic) bond motifs is 1. The first-order chi connectivity index (χ1) is 6.81. The third-order valence-electron chi connectivity index (χ3n) is 2.62. The van der Waals surface area contributed by atoms with Crippen molar-refractivity contribution in [2.45, 2.75) is 12.8 Å². The summed E-state index contributed by atoms with van der Waals surface area (Å²) in [7, 11) is 0. The average Bonchev–Trinajstić information content (AvgIpc) is 2.57. The maximum Gasteiger partial charge on any atom is 0.123 e. The molecule has 0 amide bonds. The molecule has 0 radical (unpaired) electrons. The maximum atomic E-state index is 12.9. The molecule has 1 N–H and O–H groups in total. The van der Waals surface area contributed by atoms with Crippen molar-refractivity contribution in [2.24, 2.45) is 0 Å². The van der Waals surface area contributed by atoms with Crippen molar-refractivity contribution in [1.29, 1.82) is 0 Å². The second-order valence-electron chi connectivity index (χ2n) is 3.59. The summed E-state index contributed by atoms with van der Waals surface area (Å²) in [5.74, 6) is -0.159. The smallest absolute Gasteiger partial charge is 0.123 e. The van der Waals surface area contributed by atoms with Gasteiger partial charge in [-0.15, -0.1) is 0 Å². The Hall–Kier alpha value is -1.09. The van der Waals surface area contributed by atoms with E-state index in [-0.39, 0.29) is 12.4 Å². The van der Waals surface area contributed by atoms with Gasteiger partial charge < -0.3 is 10.0 Å². The Morgan fingerprint density at radius 2 is 2.29 bits per heavy atom. The zero-order valence-electron chi connectivity index (χ0n) is 8.04. The van der Waals surface area contributed by atoms with Gasteiger partial charge in [0.1, 0.15) is 5.82 Å². The molecule has 0 unspecified atom stereocenters. The number of nitrogens with zero attached hydrogens (tertiary/aromatic N) is 1. The largest absolute Gasteiger partial charge is 0.396 e. The summed E-state index contributed by atoms with van der Waals surface area (Å²) in [6, 6.07) is 4.93. The van der Waals surface area contributed by atoms with Crippen molar-refractivity contribution in [2.75, 3.05) is 24.6 Å². The molecule has 1 aliphatic rings. The first-order valence-electron chi connectivity index (χ1n) is 4.95. The molecule has 14 heavy (non-hydrogen) atoms. The number of aliphatic hydroxyl groups excluding tert-OH is 1. The van der Waals surface area contributed by atoms with Crippen molar-refractivity contribution in [3.63, 3.8) is 0 Å². The molecule has 0 bridgehead atoms. The van der Waals surface area contributed by atoms with Crippen LogP contribution in [0.1, 0.15) is 12.0 Å². The van der Waals surface area contributed by atoms with Gasteiger partial charge in [0.25, 0.3) is 0 Å². The third kappa shape index (κ3) is 1.73. The molecule has 2 rings (SSSR count). The summed E-state index contributed by atoms with van der Waals surface area (Å²) in [5.41, 5.74) is 2.21. The fraction of sp³-hybridized carbons (Fsp3) is 0.455. The van der Waals surface area contributed by atoms with E-state index in [4.69, 9.17) is 5.11 Å². The van der Waals surface area contributed by atoms with E-state index >= 15 is 0 Å². The van der Waals surface area contributed by atoms with Crippen LogP contribution >= 0.6 is 0 Å². The maximum absolute atomic E-state index is 12.9. The molecule has 1 aliphatic heterocycles. The lowest BCUT2D eigenvalue weighted by molar-refractivity contribution is 0.290. The molecule has 3 heteroatoms. The molecule has 1 heterocycles. The number of halogens is 1. The number of anilines is 1. The van der Waals surface area contributed by atoms with Crippen molar-refractivity contribution in [1.82, 2.24) is 0 Å². The number of benzene rings is 1. The van der Waals surface area contributed by atoms with Crippen LogP contribution in [0.25, 0.3) is 0 Å². The zero-order valence-corrected chi connectivity index (χ0v) is 8.04. The molecule has 1 aromatic rings. The van der Waals surface area contributed by atoms with Gasteiger partial charge in [0.05, 0.1) is 0 Å². The van der Waals surface area contributed by atoms with Gasteiger partial charge in [0.15, 0.2) is 0 Å². The van der Waals surface area contributed by atoms with Gasteiger partial charge in [0, 0.05) is 25.4 Å². The Labute approximate surface area is 83.0 Å². The number of hydrogen-bond donors (Lipinski definition) is 1. The average molecular weight is 195 g/mol. The quantitative estimate of drug-likeness (QED) is 0.791. The summed E-state index contributed by atoms with van der Waals surface area (Å²) in [4.78, 5) is 2.20. The summed E-state index contributed by atoms with van der Waals surface area (Å²) >= 11 is 0. The van der Waals surface area contributed by atoms with E-state index in [9.17, 15) is 4.39 Å². The monoisotopic (exact) mass is 195 g/mol. The first-order valence-corrected chi connectivity index (χ1v) is 4.95. The predicted octanol–water partition coefficient (Wildman–Crippen LogP) is 1.57. The minimum absolute atomic E-state index is 0.159. The second-order valence-corrected chi connectivity index (χ2v) is 3.59. The molecule has 0 atom stereocenters. The van der Waals surface area contributed by atoms with E-state index in [0.29, 0.717) is 0 Å². The molecule has 76 valence electrons. The number of hydrogen-bond acceptors (Lipinski definition) is 2. The van der Waals surface area contributed by atoms with Crippen LogP contribution in [-0.4, -0.2) is 24.8 Å². The molecule has 0 aromatic heterocycles. The standard InChI is InChI=1S/C11H14FNO/c12-10-2-3-11-9(8-10)4-6-13(11)5-1-7-14/h2-3,8,14H,1,4-7H2. The lowest BCUT2D eigenvalue weighted by Crippen LogP contribution is -2.22. The van der Waals surface area contributed by atoms with E-state index in [1.54, 1.807) is 6.07 Å². The van der Waals surface area contributed by atoms with E-state index in [1.807, 2.05) is 6.07 Å². The number of rotatable bonds is 3. The van der Waals surface area contributed by atoms with Gasteiger partial charge in [-0.05, 0) is 36.6 Å². The van der Waals surface area contributed by atoms with Gasteiger partial charge in [-0.2, -0.15) is 0 Å². The van der Waals surface area contributed by atoms with E-state index in [2.05, 4.69) is 4.90 Å². The van der Waals surface area contributed by atoms with Crippen LogP contribution in [0.4, 0.5) is 10.1 Å². The summed E-state index contributed by atoms with van der Waals surface area (Å²) in [5, 5.41) is 8.73. The van der Waals surface area contributed by atoms with E-state index in [1.165, 1.54) is 6.07 Å². The fourth-order valence-electron chi connectivity index (χ4n) is 1.93. The van der Waals surface area contributed by atoms with Crippen LogP contribution < -0.4 is 4.90 Å². The minimum Gasteiger partial charge on any atom is -0.396 e. The second kappa shape index (κ2) is 3.96. The van der Waals surface area contributed by atoms with Gasteiger partial charge in [-0.25, -0.2) is 4.39 Å². The molecule has 0 spiro atoms. The zero-order chi connectivity index (χ0) is 9.97. The molecule has 0 aliphatic carbocycles. The van der Waals surface area contributed by atoms with Gasteiger partial charge >= 0.3 is 0 Å². The lowest BCUT2D eigenvalue weighted by Gasteiger charge is -2.18. The molecule has 2 nitrogen and oxygen atoms in total. The summed E-state index contributed by atoms with van der Waals surface area (Å²) < 4.78 is 12.9. The first kappa shape index (κ1) is 9.46. The molecule has 0 fully saturated rings. The van der Waals surface area contributed by atoms with Crippen molar-refractivity contribution in [3.8, 4) is 0 Å².